The first-order valence-electron chi connectivity index (χ1n) is 7.34. The zero-order valence-electron chi connectivity index (χ0n) is 12.0. The van der Waals surface area contributed by atoms with Crippen LogP contribution < -0.4 is 11.1 Å². The summed E-state index contributed by atoms with van der Waals surface area (Å²) >= 11 is 0. The number of amides is 1. The van der Waals surface area contributed by atoms with Crippen LogP contribution in [-0.2, 0) is 11.2 Å². The first-order chi connectivity index (χ1) is 9.24. The maximum atomic E-state index is 11.7. The van der Waals surface area contributed by atoms with Crippen molar-refractivity contribution in [3.63, 3.8) is 0 Å². The van der Waals surface area contributed by atoms with Gasteiger partial charge in [-0.2, -0.15) is 0 Å². The summed E-state index contributed by atoms with van der Waals surface area (Å²) in [6, 6.07) is 7.52. The van der Waals surface area contributed by atoms with Crippen LogP contribution in [0.4, 0.5) is 5.69 Å². The quantitative estimate of drug-likeness (QED) is 0.530. The maximum absolute atomic E-state index is 11.7. The molecule has 1 aromatic carbocycles. The van der Waals surface area contributed by atoms with Gasteiger partial charge in [-0.25, -0.2) is 0 Å². The van der Waals surface area contributed by atoms with Crippen molar-refractivity contribution in [3.8, 4) is 0 Å². The molecule has 0 aliphatic rings. The van der Waals surface area contributed by atoms with E-state index in [1.165, 1.54) is 32.1 Å². The van der Waals surface area contributed by atoms with Gasteiger partial charge in [0.1, 0.15) is 0 Å². The fourth-order valence-corrected chi connectivity index (χ4v) is 2.06. The number of benzene rings is 1. The third-order valence-electron chi connectivity index (χ3n) is 3.26. The summed E-state index contributed by atoms with van der Waals surface area (Å²) in [6.45, 7) is 2.99. The van der Waals surface area contributed by atoms with Gasteiger partial charge in [0.15, 0.2) is 0 Å². The Morgan fingerprint density at radius 1 is 1.11 bits per heavy atom. The minimum Gasteiger partial charge on any atom is -0.398 e. The minimum absolute atomic E-state index is 0.0615. The number of nitrogens with two attached hydrogens (primary N) is 1. The molecule has 1 aromatic rings. The van der Waals surface area contributed by atoms with E-state index in [-0.39, 0.29) is 5.91 Å². The van der Waals surface area contributed by atoms with Crippen molar-refractivity contribution in [3.05, 3.63) is 29.8 Å². The second-order valence-electron chi connectivity index (χ2n) is 4.99. The smallest absolute Gasteiger partial charge is 0.224 e. The molecule has 0 spiro atoms. The second kappa shape index (κ2) is 9.42. The zero-order chi connectivity index (χ0) is 13.9. The Morgan fingerprint density at radius 2 is 1.79 bits per heavy atom. The number of anilines is 1. The topological polar surface area (TPSA) is 55.1 Å². The monoisotopic (exact) mass is 262 g/mol. The highest BCUT2D eigenvalue weighted by Crippen LogP contribution is 2.10. The molecule has 0 fully saturated rings. The number of rotatable bonds is 9. The predicted molar refractivity (Wildman–Crippen MR) is 80.9 cm³/mol. The number of nitrogens with one attached hydrogen (secondary N) is 1. The van der Waals surface area contributed by atoms with E-state index < -0.39 is 0 Å². The highest BCUT2D eigenvalue weighted by Gasteiger charge is 2.04. The summed E-state index contributed by atoms with van der Waals surface area (Å²) in [5, 5.41) is 2.95. The normalized spacial score (nSPS) is 10.4. The summed E-state index contributed by atoms with van der Waals surface area (Å²) in [5.41, 5.74) is 7.41. The molecule has 3 N–H and O–H groups in total. The molecule has 1 amide bonds. The third kappa shape index (κ3) is 6.85. The summed E-state index contributed by atoms with van der Waals surface area (Å²) in [7, 11) is 0. The molecule has 3 heteroatoms. The Balaban J connectivity index is 2.10. The van der Waals surface area contributed by atoms with E-state index in [2.05, 4.69) is 12.2 Å². The van der Waals surface area contributed by atoms with E-state index in [1.54, 1.807) is 0 Å². The molecule has 3 nitrogen and oxygen atoms in total. The van der Waals surface area contributed by atoms with Crippen molar-refractivity contribution < 1.29 is 4.79 Å². The van der Waals surface area contributed by atoms with Crippen molar-refractivity contribution >= 4 is 11.6 Å². The van der Waals surface area contributed by atoms with Crippen molar-refractivity contribution in [2.45, 2.75) is 51.9 Å². The standard InChI is InChI=1S/C16H26N2O/c1-2-3-4-5-6-9-12-18-16(19)13-14-10-7-8-11-15(14)17/h7-8,10-11H,2-6,9,12-13,17H2,1H3,(H,18,19). The molecule has 1 rings (SSSR count). The minimum atomic E-state index is 0.0615. The van der Waals surface area contributed by atoms with E-state index in [4.69, 9.17) is 5.73 Å². The van der Waals surface area contributed by atoms with Crippen LogP contribution in [0.1, 0.15) is 51.0 Å². The van der Waals surface area contributed by atoms with E-state index in [0.717, 1.165) is 18.5 Å². The van der Waals surface area contributed by atoms with Gasteiger partial charge in [-0.1, -0.05) is 57.2 Å². The van der Waals surface area contributed by atoms with Crippen LogP contribution in [0.2, 0.25) is 0 Å². The Bertz CT molecular complexity index is 377. The zero-order valence-corrected chi connectivity index (χ0v) is 12.0. The van der Waals surface area contributed by atoms with Crippen LogP contribution in [-0.4, -0.2) is 12.5 Å². The van der Waals surface area contributed by atoms with Crippen molar-refractivity contribution in [1.82, 2.24) is 5.32 Å². The number of para-hydroxylation sites is 1. The van der Waals surface area contributed by atoms with Gasteiger partial charge in [-0.3, -0.25) is 4.79 Å². The fourth-order valence-electron chi connectivity index (χ4n) is 2.06. The molecular weight excluding hydrogens is 236 g/mol. The molecule has 0 radical (unpaired) electrons. The van der Waals surface area contributed by atoms with Crippen LogP contribution in [0, 0.1) is 0 Å². The van der Waals surface area contributed by atoms with Crippen molar-refractivity contribution in [1.29, 1.82) is 0 Å². The third-order valence-corrected chi connectivity index (χ3v) is 3.26. The Hall–Kier alpha value is -1.51. The van der Waals surface area contributed by atoms with E-state index in [9.17, 15) is 4.79 Å². The largest absolute Gasteiger partial charge is 0.398 e. The van der Waals surface area contributed by atoms with Gasteiger partial charge in [-0.15, -0.1) is 0 Å². The summed E-state index contributed by atoms with van der Waals surface area (Å²) in [6.07, 6.45) is 7.82. The van der Waals surface area contributed by atoms with Gasteiger partial charge in [0.2, 0.25) is 5.91 Å². The molecule has 0 saturated carbocycles. The van der Waals surface area contributed by atoms with Crippen LogP contribution in [0.25, 0.3) is 0 Å². The summed E-state index contributed by atoms with van der Waals surface area (Å²) in [5.74, 6) is 0.0615. The molecule has 0 saturated heterocycles. The molecule has 0 unspecified atom stereocenters. The van der Waals surface area contributed by atoms with Gasteiger partial charge in [0.25, 0.3) is 0 Å². The lowest BCUT2D eigenvalue weighted by Gasteiger charge is -2.07. The van der Waals surface area contributed by atoms with E-state index in [0.29, 0.717) is 12.1 Å². The van der Waals surface area contributed by atoms with Crippen LogP contribution >= 0.6 is 0 Å². The fraction of sp³-hybridized carbons (Fsp3) is 0.562. The summed E-state index contributed by atoms with van der Waals surface area (Å²) < 4.78 is 0. The van der Waals surface area contributed by atoms with E-state index >= 15 is 0 Å². The number of carbonyl (C=O) groups excluding carboxylic acids is 1. The highest BCUT2D eigenvalue weighted by atomic mass is 16.1. The molecule has 19 heavy (non-hydrogen) atoms. The van der Waals surface area contributed by atoms with Gasteiger partial charge in [0.05, 0.1) is 6.42 Å². The lowest BCUT2D eigenvalue weighted by atomic mass is 10.1. The molecule has 0 aliphatic carbocycles. The number of carbonyl (C=O) groups is 1. The van der Waals surface area contributed by atoms with Crippen molar-refractivity contribution in [2.75, 3.05) is 12.3 Å². The number of nitrogen functional groups attached to an aromatic ring is 1. The van der Waals surface area contributed by atoms with E-state index in [1.807, 2.05) is 24.3 Å². The van der Waals surface area contributed by atoms with Crippen molar-refractivity contribution in [2.24, 2.45) is 0 Å². The van der Waals surface area contributed by atoms with Gasteiger partial charge < -0.3 is 11.1 Å². The molecule has 0 aromatic heterocycles. The number of hydrogen-bond donors (Lipinski definition) is 2. The highest BCUT2D eigenvalue weighted by molar-refractivity contribution is 5.80. The Labute approximate surface area is 116 Å². The maximum Gasteiger partial charge on any atom is 0.224 e. The molecule has 0 heterocycles. The lowest BCUT2D eigenvalue weighted by Crippen LogP contribution is -2.26. The van der Waals surface area contributed by atoms with Gasteiger partial charge in [0, 0.05) is 12.2 Å². The SMILES string of the molecule is CCCCCCCCNC(=O)Cc1ccccc1N. The van der Waals surface area contributed by atoms with Gasteiger partial charge in [-0.05, 0) is 18.1 Å². The molecule has 106 valence electrons. The van der Waals surface area contributed by atoms with Gasteiger partial charge >= 0.3 is 0 Å². The molecule has 0 aliphatic heterocycles. The van der Waals surface area contributed by atoms with Crippen LogP contribution in [0.15, 0.2) is 24.3 Å². The first kappa shape index (κ1) is 15.5. The number of unbranched alkanes of at least 4 members (excludes halogenated alkanes) is 5. The average molecular weight is 262 g/mol. The first-order valence-corrected chi connectivity index (χ1v) is 7.34. The van der Waals surface area contributed by atoms with Crippen LogP contribution in [0.3, 0.4) is 0 Å². The molecule has 0 atom stereocenters. The molecule has 0 bridgehead atoms. The second-order valence-corrected chi connectivity index (χ2v) is 4.99. The van der Waals surface area contributed by atoms with Crippen LogP contribution in [0.5, 0.6) is 0 Å². The Morgan fingerprint density at radius 3 is 2.53 bits per heavy atom. The predicted octanol–water partition coefficient (Wildman–Crippen LogP) is 3.29. The lowest BCUT2D eigenvalue weighted by molar-refractivity contribution is -0.120. The Kier molecular flexibility index (Phi) is 7.71. The summed E-state index contributed by atoms with van der Waals surface area (Å²) in [4.78, 5) is 11.7. The average Bonchev–Trinajstić information content (AvgIpc) is 2.40. The number of hydrogen-bond acceptors (Lipinski definition) is 2. The molecular formula is C16H26N2O.